The Morgan fingerprint density at radius 1 is 0.917 bits per heavy atom. The third-order valence-corrected chi connectivity index (χ3v) is 7.11. The summed E-state index contributed by atoms with van der Waals surface area (Å²) in [5.74, 6) is -5.29. The summed E-state index contributed by atoms with van der Waals surface area (Å²) in [5.41, 5.74) is -0.513. The van der Waals surface area contributed by atoms with Crippen molar-refractivity contribution in [3.63, 3.8) is 0 Å². The molecule has 0 bridgehead atoms. The molecule has 4 rings (SSSR count). The van der Waals surface area contributed by atoms with Gasteiger partial charge in [0, 0.05) is 29.2 Å². The molecule has 1 saturated carbocycles. The van der Waals surface area contributed by atoms with Crippen molar-refractivity contribution in [3.05, 3.63) is 64.3 Å². The lowest BCUT2D eigenvalue weighted by Crippen LogP contribution is -2.34. The number of ether oxygens (including phenoxy) is 1. The second-order valence-electron chi connectivity index (χ2n) is 8.47. The normalized spacial score (nSPS) is 17.5. The average Bonchev–Trinajstić information content (AvgIpc) is 3.30. The van der Waals surface area contributed by atoms with E-state index >= 15 is 0 Å². The minimum absolute atomic E-state index is 0.0195. The molecule has 1 aliphatic rings. The summed E-state index contributed by atoms with van der Waals surface area (Å²) in [6.45, 7) is -0.0262. The van der Waals surface area contributed by atoms with E-state index < -0.39 is 52.8 Å². The summed E-state index contributed by atoms with van der Waals surface area (Å²) < 4.78 is 49.0. The number of nitrogens with one attached hydrogen (secondary N) is 2. The number of carbonyl (C=O) groups is 3. The molecule has 36 heavy (non-hydrogen) atoms. The minimum Gasteiger partial charge on any atom is -0.487 e. The van der Waals surface area contributed by atoms with Crippen molar-refractivity contribution in [2.45, 2.75) is 31.8 Å². The topological polar surface area (TPSA) is 105 Å². The molecule has 190 valence electrons. The number of thiophene rings is 1. The van der Waals surface area contributed by atoms with E-state index in [1.807, 2.05) is 0 Å². The van der Waals surface area contributed by atoms with E-state index in [4.69, 9.17) is 9.84 Å². The highest BCUT2D eigenvalue weighted by atomic mass is 32.1. The molecule has 0 unspecified atom stereocenters. The standard InChI is InChI=1S/C25H23F3N2O5S/c26-17-2-1-3-21-15(17)11-22(36-21)24(32)30-9-8-29-23(31)16-10-19(28)20(12-18(16)27)35-14-6-4-13(5-7-14)25(33)34/h1-3,10-14H,4-9H2,(H,29,31)(H,30,32)(H,33,34). The third kappa shape index (κ3) is 5.78. The van der Waals surface area contributed by atoms with Gasteiger partial charge in [-0.25, -0.2) is 13.2 Å². The predicted octanol–water partition coefficient (Wildman–Crippen LogP) is 4.50. The Bertz CT molecular complexity index is 1300. The molecule has 11 heteroatoms. The van der Waals surface area contributed by atoms with E-state index in [9.17, 15) is 27.6 Å². The van der Waals surface area contributed by atoms with Crippen LogP contribution in [0.3, 0.4) is 0 Å². The van der Waals surface area contributed by atoms with Crippen LogP contribution < -0.4 is 15.4 Å². The van der Waals surface area contributed by atoms with Crippen molar-refractivity contribution in [2.75, 3.05) is 13.1 Å². The van der Waals surface area contributed by atoms with Gasteiger partial charge in [-0.15, -0.1) is 11.3 Å². The van der Waals surface area contributed by atoms with Crippen molar-refractivity contribution in [1.82, 2.24) is 10.6 Å². The van der Waals surface area contributed by atoms with Crippen LogP contribution in [0.4, 0.5) is 13.2 Å². The van der Waals surface area contributed by atoms with Gasteiger partial charge in [0.05, 0.1) is 22.5 Å². The second-order valence-corrected chi connectivity index (χ2v) is 9.55. The first-order valence-corrected chi connectivity index (χ1v) is 12.2. The van der Waals surface area contributed by atoms with Crippen LogP contribution in [-0.4, -0.2) is 42.1 Å². The van der Waals surface area contributed by atoms with Crippen molar-refractivity contribution in [3.8, 4) is 5.75 Å². The first-order chi connectivity index (χ1) is 17.2. The van der Waals surface area contributed by atoms with Crippen LogP contribution in [0, 0.1) is 23.4 Å². The van der Waals surface area contributed by atoms with Crippen LogP contribution in [0.25, 0.3) is 10.1 Å². The first kappa shape index (κ1) is 25.5. The highest BCUT2D eigenvalue weighted by Gasteiger charge is 2.28. The van der Waals surface area contributed by atoms with Gasteiger partial charge in [0.1, 0.15) is 11.6 Å². The summed E-state index contributed by atoms with van der Waals surface area (Å²) in [6.07, 6.45) is 1.15. The molecule has 1 aromatic heterocycles. The van der Waals surface area contributed by atoms with E-state index in [0.29, 0.717) is 40.6 Å². The zero-order valence-corrected chi connectivity index (χ0v) is 19.8. The molecular formula is C25H23F3N2O5S. The number of carboxylic acids is 1. The minimum atomic E-state index is -0.973. The lowest BCUT2D eigenvalue weighted by Gasteiger charge is -2.27. The SMILES string of the molecule is O=C(NCCNC(=O)c1cc(F)c(OC2CCC(C(=O)O)CC2)cc1F)c1cc2c(F)cccc2s1. The molecule has 2 aromatic carbocycles. The number of carbonyl (C=O) groups excluding carboxylic acids is 2. The Hall–Kier alpha value is -3.60. The molecule has 0 aliphatic heterocycles. The molecule has 0 radical (unpaired) electrons. The zero-order chi connectivity index (χ0) is 25.8. The van der Waals surface area contributed by atoms with E-state index in [0.717, 1.165) is 23.5 Å². The van der Waals surface area contributed by atoms with Crippen molar-refractivity contribution in [1.29, 1.82) is 0 Å². The van der Waals surface area contributed by atoms with E-state index in [-0.39, 0.29) is 18.8 Å². The van der Waals surface area contributed by atoms with Crippen LogP contribution in [0.2, 0.25) is 0 Å². The average molecular weight is 521 g/mol. The summed E-state index contributed by atoms with van der Waals surface area (Å²) in [4.78, 5) is 36.0. The number of aliphatic carboxylic acids is 1. The van der Waals surface area contributed by atoms with Crippen molar-refractivity contribution >= 4 is 39.2 Å². The smallest absolute Gasteiger partial charge is 0.306 e. The molecule has 1 aliphatic carbocycles. The van der Waals surface area contributed by atoms with Crippen LogP contribution in [-0.2, 0) is 4.79 Å². The molecule has 2 amide bonds. The number of hydrogen-bond acceptors (Lipinski definition) is 5. The predicted molar refractivity (Wildman–Crippen MR) is 127 cm³/mol. The largest absolute Gasteiger partial charge is 0.487 e. The maximum absolute atomic E-state index is 14.5. The number of rotatable bonds is 8. The third-order valence-electron chi connectivity index (χ3n) is 6.01. The molecule has 7 nitrogen and oxygen atoms in total. The number of amides is 2. The summed E-state index contributed by atoms with van der Waals surface area (Å²) in [7, 11) is 0. The number of carboxylic acid groups (broad SMARTS) is 1. The number of benzene rings is 2. The molecule has 3 N–H and O–H groups in total. The number of hydrogen-bond donors (Lipinski definition) is 3. The van der Waals surface area contributed by atoms with Crippen molar-refractivity contribution < 1.29 is 37.4 Å². The highest BCUT2D eigenvalue weighted by Crippen LogP contribution is 2.30. The van der Waals surface area contributed by atoms with Gasteiger partial charge in [-0.1, -0.05) is 6.07 Å². The van der Waals surface area contributed by atoms with Crippen LogP contribution in [0.15, 0.2) is 36.4 Å². The van der Waals surface area contributed by atoms with E-state index in [1.165, 1.54) is 12.1 Å². The first-order valence-electron chi connectivity index (χ1n) is 11.4. The van der Waals surface area contributed by atoms with Crippen molar-refractivity contribution in [2.24, 2.45) is 5.92 Å². The Morgan fingerprint density at radius 2 is 1.61 bits per heavy atom. The molecule has 0 saturated heterocycles. The quantitative estimate of drug-likeness (QED) is 0.380. The van der Waals surface area contributed by atoms with Crippen LogP contribution in [0.5, 0.6) is 5.75 Å². The van der Waals surface area contributed by atoms with Crippen LogP contribution in [0.1, 0.15) is 45.7 Å². The Labute approximate surface area is 208 Å². The maximum atomic E-state index is 14.5. The molecule has 1 heterocycles. The zero-order valence-electron chi connectivity index (χ0n) is 19.0. The van der Waals surface area contributed by atoms with Gasteiger partial charge in [-0.05, 0) is 49.9 Å². The van der Waals surface area contributed by atoms with Gasteiger partial charge >= 0.3 is 5.97 Å². The van der Waals surface area contributed by atoms with E-state index in [1.54, 1.807) is 12.1 Å². The van der Waals surface area contributed by atoms with Gasteiger partial charge in [-0.3, -0.25) is 14.4 Å². The highest BCUT2D eigenvalue weighted by molar-refractivity contribution is 7.20. The summed E-state index contributed by atoms with van der Waals surface area (Å²) >= 11 is 1.13. The van der Waals surface area contributed by atoms with Crippen LogP contribution >= 0.6 is 11.3 Å². The molecule has 1 fully saturated rings. The second kappa shape index (κ2) is 11.0. The number of halogens is 3. The Balaban J connectivity index is 1.27. The summed E-state index contributed by atoms with van der Waals surface area (Å²) in [6, 6.07) is 7.55. The monoisotopic (exact) mass is 520 g/mol. The summed E-state index contributed by atoms with van der Waals surface area (Å²) in [5, 5.41) is 14.4. The van der Waals surface area contributed by atoms with Gasteiger partial charge < -0.3 is 20.5 Å². The molecule has 0 atom stereocenters. The maximum Gasteiger partial charge on any atom is 0.306 e. The van der Waals surface area contributed by atoms with Gasteiger partial charge in [0.2, 0.25) is 0 Å². The Morgan fingerprint density at radius 3 is 2.28 bits per heavy atom. The van der Waals surface area contributed by atoms with Gasteiger partial charge in [0.25, 0.3) is 11.8 Å². The molecule has 0 spiro atoms. The Kier molecular flexibility index (Phi) is 7.78. The lowest BCUT2D eigenvalue weighted by molar-refractivity contribution is -0.143. The number of fused-ring (bicyclic) bond motifs is 1. The van der Waals surface area contributed by atoms with E-state index in [2.05, 4.69) is 10.6 Å². The fourth-order valence-corrected chi connectivity index (χ4v) is 5.06. The molecular weight excluding hydrogens is 497 g/mol. The fourth-order valence-electron chi connectivity index (χ4n) is 4.07. The fraction of sp³-hybridized carbons (Fsp3) is 0.320. The lowest BCUT2D eigenvalue weighted by atomic mass is 9.87. The molecule has 3 aromatic rings. The van der Waals surface area contributed by atoms with Gasteiger partial charge in [0.15, 0.2) is 11.6 Å². The van der Waals surface area contributed by atoms with Gasteiger partial charge in [-0.2, -0.15) is 0 Å².